The molecule has 0 aromatic heterocycles. The molecule has 2 rings (SSSR count). The standard InChI is InChI=1S/C13H18N2O/c1-10-4-3-5-12(8-10)9-15-7-6-14-11(2)13(15)16/h3-5,8,11,14H,6-7,9H2,1-2H3. The molecule has 1 N–H and O–H groups in total. The summed E-state index contributed by atoms with van der Waals surface area (Å²) in [7, 11) is 0. The van der Waals surface area contributed by atoms with Crippen molar-refractivity contribution in [1.82, 2.24) is 10.2 Å². The fraction of sp³-hybridized carbons (Fsp3) is 0.462. The topological polar surface area (TPSA) is 32.3 Å². The lowest BCUT2D eigenvalue weighted by atomic mass is 10.1. The summed E-state index contributed by atoms with van der Waals surface area (Å²) in [4.78, 5) is 13.8. The summed E-state index contributed by atoms with van der Waals surface area (Å²) in [6.07, 6.45) is 0. The first-order valence-electron chi connectivity index (χ1n) is 5.74. The molecule has 0 bridgehead atoms. The van der Waals surface area contributed by atoms with Gasteiger partial charge in [-0.2, -0.15) is 0 Å². The third-order valence-electron chi connectivity index (χ3n) is 2.97. The van der Waals surface area contributed by atoms with Crippen molar-refractivity contribution in [3.8, 4) is 0 Å². The van der Waals surface area contributed by atoms with Gasteiger partial charge >= 0.3 is 0 Å². The number of hydrogen-bond donors (Lipinski definition) is 1. The van der Waals surface area contributed by atoms with Crippen molar-refractivity contribution in [1.29, 1.82) is 0 Å². The van der Waals surface area contributed by atoms with Crippen LogP contribution in [0.1, 0.15) is 18.1 Å². The van der Waals surface area contributed by atoms with E-state index < -0.39 is 0 Å². The number of hydrogen-bond acceptors (Lipinski definition) is 2. The molecule has 86 valence electrons. The number of carbonyl (C=O) groups is 1. The maximum absolute atomic E-state index is 11.9. The molecule has 1 aromatic rings. The highest BCUT2D eigenvalue weighted by atomic mass is 16.2. The monoisotopic (exact) mass is 218 g/mol. The van der Waals surface area contributed by atoms with Crippen LogP contribution in [0.3, 0.4) is 0 Å². The van der Waals surface area contributed by atoms with E-state index in [1.54, 1.807) is 0 Å². The predicted octanol–water partition coefficient (Wildman–Crippen LogP) is 1.32. The van der Waals surface area contributed by atoms with Gasteiger partial charge < -0.3 is 10.2 Å². The largest absolute Gasteiger partial charge is 0.336 e. The smallest absolute Gasteiger partial charge is 0.239 e. The Hall–Kier alpha value is -1.35. The highest BCUT2D eigenvalue weighted by Gasteiger charge is 2.24. The van der Waals surface area contributed by atoms with E-state index in [-0.39, 0.29) is 11.9 Å². The van der Waals surface area contributed by atoms with Crippen molar-refractivity contribution >= 4 is 5.91 Å². The van der Waals surface area contributed by atoms with E-state index in [0.29, 0.717) is 0 Å². The third kappa shape index (κ3) is 2.42. The number of nitrogens with one attached hydrogen (secondary N) is 1. The summed E-state index contributed by atoms with van der Waals surface area (Å²) in [5.41, 5.74) is 2.45. The zero-order valence-corrected chi connectivity index (χ0v) is 9.86. The number of benzene rings is 1. The van der Waals surface area contributed by atoms with Crippen LogP contribution >= 0.6 is 0 Å². The van der Waals surface area contributed by atoms with Crippen LogP contribution in [-0.4, -0.2) is 29.9 Å². The number of piperazine rings is 1. The fourth-order valence-corrected chi connectivity index (χ4v) is 2.08. The lowest BCUT2D eigenvalue weighted by molar-refractivity contribution is -0.135. The molecule has 0 spiro atoms. The van der Waals surface area contributed by atoms with Crippen molar-refractivity contribution in [2.45, 2.75) is 26.4 Å². The first kappa shape index (κ1) is 11.1. The van der Waals surface area contributed by atoms with Crippen molar-refractivity contribution in [2.75, 3.05) is 13.1 Å². The molecule has 1 unspecified atom stereocenters. The van der Waals surface area contributed by atoms with Crippen LogP contribution in [0.15, 0.2) is 24.3 Å². The summed E-state index contributed by atoms with van der Waals surface area (Å²) in [5, 5.41) is 3.17. The Labute approximate surface area is 96.5 Å². The minimum absolute atomic E-state index is 0.0430. The quantitative estimate of drug-likeness (QED) is 0.812. The van der Waals surface area contributed by atoms with E-state index in [9.17, 15) is 4.79 Å². The molecule has 1 amide bonds. The van der Waals surface area contributed by atoms with E-state index in [2.05, 4.69) is 30.4 Å². The fourth-order valence-electron chi connectivity index (χ4n) is 2.08. The molecule has 1 aromatic carbocycles. The van der Waals surface area contributed by atoms with E-state index in [4.69, 9.17) is 0 Å². The molecule has 3 heteroatoms. The zero-order valence-electron chi connectivity index (χ0n) is 9.86. The summed E-state index contributed by atoms with van der Waals surface area (Å²) in [6.45, 7) is 6.42. The van der Waals surface area contributed by atoms with Crippen molar-refractivity contribution in [2.24, 2.45) is 0 Å². The molecule has 1 heterocycles. The molecule has 3 nitrogen and oxygen atoms in total. The van der Waals surface area contributed by atoms with E-state index in [1.165, 1.54) is 11.1 Å². The van der Waals surface area contributed by atoms with Crippen LogP contribution in [0.2, 0.25) is 0 Å². The predicted molar refractivity (Wildman–Crippen MR) is 64.1 cm³/mol. The number of nitrogens with zero attached hydrogens (tertiary/aromatic N) is 1. The van der Waals surface area contributed by atoms with E-state index >= 15 is 0 Å². The van der Waals surface area contributed by atoms with Gasteiger partial charge in [0.05, 0.1) is 6.04 Å². The second-order valence-electron chi connectivity index (χ2n) is 4.42. The Morgan fingerprint density at radius 1 is 1.50 bits per heavy atom. The molecule has 1 saturated heterocycles. The van der Waals surface area contributed by atoms with Crippen molar-refractivity contribution < 1.29 is 4.79 Å². The van der Waals surface area contributed by atoms with Crippen LogP contribution in [0.25, 0.3) is 0 Å². The van der Waals surface area contributed by atoms with Crippen LogP contribution in [-0.2, 0) is 11.3 Å². The third-order valence-corrected chi connectivity index (χ3v) is 2.97. The summed E-state index contributed by atoms with van der Waals surface area (Å²) in [5.74, 6) is 0.202. The van der Waals surface area contributed by atoms with Crippen LogP contribution < -0.4 is 5.32 Å². The second-order valence-corrected chi connectivity index (χ2v) is 4.42. The zero-order chi connectivity index (χ0) is 11.5. The molecule has 1 atom stereocenters. The maximum atomic E-state index is 11.9. The van der Waals surface area contributed by atoms with Crippen LogP contribution in [0.4, 0.5) is 0 Å². The normalized spacial score (nSPS) is 21.2. The summed E-state index contributed by atoms with van der Waals surface area (Å²) in [6, 6.07) is 8.29. The van der Waals surface area contributed by atoms with Crippen molar-refractivity contribution in [3.63, 3.8) is 0 Å². The van der Waals surface area contributed by atoms with Crippen LogP contribution in [0.5, 0.6) is 0 Å². The van der Waals surface area contributed by atoms with E-state index in [1.807, 2.05) is 17.9 Å². The Morgan fingerprint density at radius 3 is 3.06 bits per heavy atom. The van der Waals surface area contributed by atoms with Crippen LogP contribution in [0, 0.1) is 6.92 Å². The molecule has 0 aliphatic carbocycles. The Kier molecular flexibility index (Phi) is 3.25. The highest BCUT2D eigenvalue weighted by molar-refractivity contribution is 5.82. The van der Waals surface area contributed by atoms with Gasteiger partial charge in [0.2, 0.25) is 5.91 Å². The van der Waals surface area contributed by atoms with Gasteiger partial charge in [-0.15, -0.1) is 0 Å². The Bertz CT molecular complexity index is 389. The summed E-state index contributed by atoms with van der Waals surface area (Å²) < 4.78 is 0. The minimum Gasteiger partial charge on any atom is -0.336 e. The number of aryl methyl sites for hydroxylation is 1. The molecule has 1 aliphatic rings. The molecule has 1 aliphatic heterocycles. The number of amides is 1. The maximum Gasteiger partial charge on any atom is 0.239 e. The highest BCUT2D eigenvalue weighted by Crippen LogP contribution is 2.10. The SMILES string of the molecule is Cc1cccc(CN2CCNC(C)C2=O)c1. The van der Waals surface area contributed by atoms with Gasteiger partial charge in [0, 0.05) is 19.6 Å². The molecule has 16 heavy (non-hydrogen) atoms. The Morgan fingerprint density at radius 2 is 2.31 bits per heavy atom. The lowest BCUT2D eigenvalue weighted by Crippen LogP contribution is -2.53. The average Bonchev–Trinajstić information content (AvgIpc) is 2.25. The first-order valence-corrected chi connectivity index (χ1v) is 5.74. The number of rotatable bonds is 2. The Balaban J connectivity index is 2.06. The molecule has 1 fully saturated rings. The average molecular weight is 218 g/mol. The van der Waals surface area contributed by atoms with Gasteiger partial charge in [-0.1, -0.05) is 29.8 Å². The van der Waals surface area contributed by atoms with Crippen molar-refractivity contribution in [3.05, 3.63) is 35.4 Å². The van der Waals surface area contributed by atoms with Gasteiger partial charge in [0.15, 0.2) is 0 Å². The van der Waals surface area contributed by atoms with Gasteiger partial charge in [0.25, 0.3) is 0 Å². The van der Waals surface area contributed by atoms with E-state index in [0.717, 1.165) is 19.6 Å². The summed E-state index contributed by atoms with van der Waals surface area (Å²) >= 11 is 0. The van der Waals surface area contributed by atoms with Gasteiger partial charge in [-0.3, -0.25) is 4.79 Å². The molecule has 0 radical (unpaired) electrons. The molecular formula is C13H18N2O. The number of carbonyl (C=O) groups excluding carboxylic acids is 1. The molecule has 0 saturated carbocycles. The molecular weight excluding hydrogens is 200 g/mol. The van der Waals surface area contributed by atoms with Gasteiger partial charge in [-0.25, -0.2) is 0 Å². The first-order chi connectivity index (χ1) is 7.66. The van der Waals surface area contributed by atoms with Gasteiger partial charge in [-0.05, 0) is 19.4 Å². The second kappa shape index (κ2) is 4.66. The van der Waals surface area contributed by atoms with Gasteiger partial charge in [0.1, 0.15) is 0 Å². The minimum atomic E-state index is -0.0430. The lowest BCUT2D eigenvalue weighted by Gasteiger charge is -2.31.